The molecular formula is C20H25N5O. The van der Waals surface area contributed by atoms with Gasteiger partial charge in [-0.2, -0.15) is 10.1 Å². The third kappa shape index (κ3) is 3.59. The predicted molar refractivity (Wildman–Crippen MR) is 101 cm³/mol. The molecule has 1 aromatic carbocycles. The second-order valence-electron chi connectivity index (χ2n) is 6.57. The Morgan fingerprint density at radius 2 is 1.96 bits per heavy atom. The van der Waals surface area contributed by atoms with Gasteiger partial charge in [-0.1, -0.05) is 24.3 Å². The molecule has 0 radical (unpaired) electrons. The fraction of sp³-hybridized carbons (Fsp3) is 0.400. The quantitative estimate of drug-likeness (QED) is 0.685. The highest BCUT2D eigenvalue weighted by Crippen LogP contribution is 2.17. The molecule has 3 aromatic rings. The zero-order chi connectivity index (χ0) is 18.7. The third-order valence-electron chi connectivity index (χ3n) is 4.93. The first-order chi connectivity index (χ1) is 12.5. The minimum atomic E-state index is 0.160. The molecule has 136 valence electrons. The van der Waals surface area contributed by atoms with Crippen molar-refractivity contribution in [2.75, 3.05) is 6.54 Å². The first kappa shape index (κ1) is 18.0. The van der Waals surface area contributed by atoms with Crippen LogP contribution >= 0.6 is 0 Å². The highest BCUT2D eigenvalue weighted by molar-refractivity contribution is 5.76. The Hall–Kier alpha value is -2.76. The number of amides is 1. The van der Waals surface area contributed by atoms with E-state index >= 15 is 0 Å². The molecule has 0 saturated carbocycles. The standard InChI is InChI=1S/C20H25N5O/c1-5-24(12-17-9-7-6-8-14(17)2)19(26)11-10-18-15(3)23-20-21-13-22-25(20)16(18)4/h6-9,13H,5,10-12H2,1-4H3. The normalized spacial score (nSPS) is 11.1. The Balaban J connectivity index is 1.72. The fourth-order valence-corrected chi connectivity index (χ4v) is 3.28. The van der Waals surface area contributed by atoms with Crippen LogP contribution in [0.4, 0.5) is 0 Å². The average molecular weight is 351 g/mol. The van der Waals surface area contributed by atoms with Crippen molar-refractivity contribution >= 4 is 11.7 Å². The molecule has 0 aliphatic rings. The molecule has 2 heterocycles. The molecule has 0 fully saturated rings. The van der Waals surface area contributed by atoms with Gasteiger partial charge in [-0.15, -0.1) is 0 Å². The van der Waals surface area contributed by atoms with Crippen LogP contribution in [0, 0.1) is 20.8 Å². The minimum absolute atomic E-state index is 0.160. The summed E-state index contributed by atoms with van der Waals surface area (Å²) in [7, 11) is 0. The van der Waals surface area contributed by atoms with E-state index in [-0.39, 0.29) is 5.91 Å². The lowest BCUT2D eigenvalue weighted by Gasteiger charge is -2.22. The van der Waals surface area contributed by atoms with Crippen LogP contribution in [0.25, 0.3) is 5.78 Å². The van der Waals surface area contributed by atoms with Crippen LogP contribution in [0.1, 0.15) is 41.4 Å². The lowest BCUT2D eigenvalue weighted by molar-refractivity contribution is -0.131. The molecule has 0 aliphatic heterocycles. The molecule has 6 nitrogen and oxygen atoms in total. The zero-order valence-corrected chi connectivity index (χ0v) is 15.9. The highest BCUT2D eigenvalue weighted by atomic mass is 16.2. The molecule has 0 spiro atoms. The molecule has 0 atom stereocenters. The summed E-state index contributed by atoms with van der Waals surface area (Å²) in [5.74, 6) is 0.762. The molecule has 6 heteroatoms. The maximum atomic E-state index is 12.8. The van der Waals surface area contributed by atoms with E-state index in [2.05, 4.69) is 34.1 Å². The van der Waals surface area contributed by atoms with Gasteiger partial charge in [-0.25, -0.2) is 9.50 Å². The van der Waals surface area contributed by atoms with Crippen molar-refractivity contribution in [2.24, 2.45) is 0 Å². The molecular weight excluding hydrogens is 326 g/mol. The van der Waals surface area contributed by atoms with Gasteiger partial charge < -0.3 is 4.90 Å². The molecule has 2 aromatic heterocycles. The first-order valence-corrected chi connectivity index (χ1v) is 8.99. The summed E-state index contributed by atoms with van der Waals surface area (Å²) < 4.78 is 1.73. The van der Waals surface area contributed by atoms with Gasteiger partial charge in [0.05, 0.1) is 0 Å². The van der Waals surface area contributed by atoms with Crippen molar-refractivity contribution in [2.45, 2.75) is 47.1 Å². The second-order valence-corrected chi connectivity index (χ2v) is 6.57. The molecule has 1 amide bonds. The van der Waals surface area contributed by atoms with Crippen LogP contribution in [-0.4, -0.2) is 36.9 Å². The number of benzene rings is 1. The number of carbonyl (C=O) groups excluding carboxylic acids is 1. The molecule has 0 N–H and O–H groups in total. The van der Waals surface area contributed by atoms with E-state index in [1.54, 1.807) is 4.52 Å². The Labute approximate surface area is 153 Å². The van der Waals surface area contributed by atoms with Gasteiger partial charge in [0.15, 0.2) is 0 Å². The number of hydrogen-bond acceptors (Lipinski definition) is 4. The van der Waals surface area contributed by atoms with Gasteiger partial charge in [0, 0.05) is 30.9 Å². The van der Waals surface area contributed by atoms with Crippen molar-refractivity contribution in [1.29, 1.82) is 0 Å². The minimum Gasteiger partial charge on any atom is -0.339 e. The van der Waals surface area contributed by atoms with E-state index in [0.717, 1.165) is 17.0 Å². The van der Waals surface area contributed by atoms with E-state index in [0.29, 0.717) is 31.7 Å². The lowest BCUT2D eigenvalue weighted by Crippen LogP contribution is -2.31. The molecule has 0 aliphatic carbocycles. The largest absolute Gasteiger partial charge is 0.339 e. The maximum absolute atomic E-state index is 12.8. The number of aromatic nitrogens is 4. The Morgan fingerprint density at radius 1 is 1.19 bits per heavy atom. The van der Waals surface area contributed by atoms with Gasteiger partial charge in [0.1, 0.15) is 6.33 Å². The van der Waals surface area contributed by atoms with E-state index in [4.69, 9.17) is 0 Å². The summed E-state index contributed by atoms with van der Waals surface area (Å²) in [6, 6.07) is 8.21. The van der Waals surface area contributed by atoms with Crippen molar-refractivity contribution in [3.63, 3.8) is 0 Å². The molecule has 3 rings (SSSR count). The average Bonchev–Trinajstić information content (AvgIpc) is 3.09. The number of fused-ring (bicyclic) bond motifs is 1. The predicted octanol–water partition coefficient (Wildman–Crippen LogP) is 3.03. The van der Waals surface area contributed by atoms with Crippen LogP contribution in [0.2, 0.25) is 0 Å². The smallest absolute Gasteiger partial charge is 0.252 e. The Kier molecular flexibility index (Phi) is 5.30. The lowest BCUT2D eigenvalue weighted by atomic mass is 10.1. The zero-order valence-electron chi connectivity index (χ0n) is 15.9. The molecule has 26 heavy (non-hydrogen) atoms. The fourth-order valence-electron chi connectivity index (χ4n) is 3.28. The number of nitrogens with zero attached hydrogens (tertiary/aromatic N) is 5. The summed E-state index contributed by atoms with van der Waals surface area (Å²) in [6.45, 7) is 9.42. The number of carbonyl (C=O) groups is 1. The summed E-state index contributed by atoms with van der Waals surface area (Å²) in [5.41, 5.74) is 5.40. The summed E-state index contributed by atoms with van der Waals surface area (Å²) in [6.07, 6.45) is 2.62. The van der Waals surface area contributed by atoms with Gasteiger partial charge in [-0.3, -0.25) is 4.79 Å². The summed E-state index contributed by atoms with van der Waals surface area (Å²) >= 11 is 0. The van der Waals surface area contributed by atoms with E-state index in [9.17, 15) is 4.79 Å². The van der Waals surface area contributed by atoms with E-state index in [1.807, 2.05) is 37.8 Å². The molecule has 0 unspecified atom stereocenters. The Bertz CT molecular complexity index is 931. The third-order valence-corrected chi connectivity index (χ3v) is 4.93. The van der Waals surface area contributed by atoms with Crippen LogP contribution in [0.15, 0.2) is 30.6 Å². The van der Waals surface area contributed by atoms with Crippen LogP contribution in [0.5, 0.6) is 0 Å². The second kappa shape index (κ2) is 7.64. The van der Waals surface area contributed by atoms with Crippen molar-refractivity contribution < 1.29 is 4.79 Å². The van der Waals surface area contributed by atoms with E-state index in [1.165, 1.54) is 17.5 Å². The Morgan fingerprint density at radius 3 is 2.69 bits per heavy atom. The molecule has 0 saturated heterocycles. The van der Waals surface area contributed by atoms with Gasteiger partial charge in [0.25, 0.3) is 5.78 Å². The van der Waals surface area contributed by atoms with Gasteiger partial charge >= 0.3 is 0 Å². The molecule has 0 bridgehead atoms. The number of hydrogen-bond donors (Lipinski definition) is 0. The van der Waals surface area contributed by atoms with Crippen LogP contribution < -0.4 is 0 Å². The monoisotopic (exact) mass is 351 g/mol. The SMILES string of the molecule is CCN(Cc1ccccc1C)C(=O)CCc1c(C)nc2ncnn2c1C. The van der Waals surface area contributed by atoms with E-state index < -0.39 is 0 Å². The number of aryl methyl sites for hydroxylation is 3. The topological polar surface area (TPSA) is 63.4 Å². The highest BCUT2D eigenvalue weighted by Gasteiger charge is 2.16. The maximum Gasteiger partial charge on any atom is 0.252 e. The summed E-state index contributed by atoms with van der Waals surface area (Å²) in [4.78, 5) is 23.3. The first-order valence-electron chi connectivity index (χ1n) is 8.99. The van der Waals surface area contributed by atoms with Gasteiger partial charge in [-0.05, 0) is 50.8 Å². The van der Waals surface area contributed by atoms with Gasteiger partial charge in [0.2, 0.25) is 5.91 Å². The van der Waals surface area contributed by atoms with Crippen molar-refractivity contribution in [3.05, 3.63) is 58.7 Å². The van der Waals surface area contributed by atoms with Crippen LogP contribution in [-0.2, 0) is 17.8 Å². The number of rotatable bonds is 6. The van der Waals surface area contributed by atoms with Crippen molar-refractivity contribution in [3.8, 4) is 0 Å². The van der Waals surface area contributed by atoms with Crippen LogP contribution in [0.3, 0.4) is 0 Å². The van der Waals surface area contributed by atoms with Crippen molar-refractivity contribution in [1.82, 2.24) is 24.5 Å². The summed E-state index contributed by atoms with van der Waals surface area (Å²) in [5, 5.41) is 4.21.